The number of carbonyl (C=O) groups is 3. The number of hydrogen-bond acceptors (Lipinski definition) is 7. The molecular formula is C24H27NO5S. The lowest BCUT2D eigenvalue weighted by atomic mass is 10.0. The number of carbonyl (C=O) groups excluding carboxylic acids is 3. The molecule has 0 heterocycles. The molecule has 7 heteroatoms. The van der Waals surface area contributed by atoms with E-state index in [9.17, 15) is 14.4 Å². The summed E-state index contributed by atoms with van der Waals surface area (Å²) in [5, 5.41) is 8.23. The summed E-state index contributed by atoms with van der Waals surface area (Å²) in [7, 11) is 0. The van der Waals surface area contributed by atoms with Crippen LogP contribution in [-0.4, -0.2) is 42.0 Å². The van der Waals surface area contributed by atoms with Crippen molar-refractivity contribution < 1.29 is 23.9 Å². The van der Waals surface area contributed by atoms with Crippen LogP contribution in [-0.2, 0) is 9.53 Å². The number of hydrogen-bond donors (Lipinski definition) is 1. The van der Waals surface area contributed by atoms with Crippen molar-refractivity contribution in [3.05, 3.63) is 65.2 Å². The summed E-state index contributed by atoms with van der Waals surface area (Å²) < 4.78 is 10.4. The smallest absolute Gasteiger partial charge is 0.344 e. The predicted octanol–water partition coefficient (Wildman–Crippen LogP) is 4.94. The fourth-order valence-electron chi connectivity index (χ4n) is 2.69. The lowest BCUT2D eigenvalue weighted by Crippen LogP contribution is -2.15. The van der Waals surface area contributed by atoms with E-state index in [4.69, 9.17) is 14.9 Å². The molecule has 0 aromatic heterocycles. The lowest BCUT2D eigenvalue weighted by Gasteiger charge is -2.07. The molecule has 0 aliphatic carbocycles. The molecule has 0 saturated heterocycles. The maximum Gasteiger partial charge on any atom is 0.344 e. The molecule has 2 rings (SSSR count). The molecule has 0 bridgehead atoms. The van der Waals surface area contributed by atoms with Crippen molar-refractivity contribution in [2.45, 2.75) is 32.6 Å². The summed E-state index contributed by atoms with van der Waals surface area (Å²) in [6, 6.07) is 13.3. The quantitative estimate of drug-likeness (QED) is 0.165. The van der Waals surface area contributed by atoms with Crippen molar-refractivity contribution in [2.75, 3.05) is 19.5 Å². The van der Waals surface area contributed by atoms with Gasteiger partial charge in [-0.15, -0.1) is 11.8 Å². The van der Waals surface area contributed by atoms with Crippen molar-refractivity contribution in [1.82, 2.24) is 0 Å². The second kappa shape index (κ2) is 12.7. The van der Waals surface area contributed by atoms with E-state index in [1.54, 1.807) is 48.5 Å². The van der Waals surface area contributed by atoms with Gasteiger partial charge in [0.05, 0.1) is 11.7 Å². The molecule has 6 nitrogen and oxygen atoms in total. The van der Waals surface area contributed by atoms with Gasteiger partial charge in [0.1, 0.15) is 5.75 Å². The highest BCUT2D eigenvalue weighted by Crippen LogP contribution is 2.16. The van der Waals surface area contributed by atoms with Crippen LogP contribution in [0.25, 0.3) is 0 Å². The van der Waals surface area contributed by atoms with E-state index >= 15 is 0 Å². The Hall–Kier alpha value is -2.93. The van der Waals surface area contributed by atoms with Gasteiger partial charge < -0.3 is 9.47 Å². The number of thioether (sulfide) groups is 1. The highest BCUT2D eigenvalue weighted by Gasteiger charge is 2.12. The summed E-state index contributed by atoms with van der Waals surface area (Å²) in [5.41, 5.74) is 1.77. The molecule has 1 N–H and O–H groups in total. The molecule has 0 atom stereocenters. The summed E-state index contributed by atoms with van der Waals surface area (Å²) in [5.74, 6) is -0.210. The molecule has 0 radical (unpaired) electrons. The average Bonchev–Trinajstić information content (AvgIpc) is 2.81. The number of Topliss-reactive ketones (excluding diaryl/α,β-unsaturated/α-hetero) is 2. The Labute approximate surface area is 186 Å². The van der Waals surface area contributed by atoms with Gasteiger partial charge in [-0.2, -0.15) is 0 Å². The molecule has 0 aliphatic heterocycles. The molecule has 0 spiro atoms. The topological polar surface area (TPSA) is 93.5 Å². The zero-order valence-corrected chi connectivity index (χ0v) is 18.6. The summed E-state index contributed by atoms with van der Waals surface area (Å²) in [4.78, 5) is 36.3. The molecule has 164 valence electrons. The van der Waals surface area contributed by atoms with Gasteiger partial charge in [0.2, 0.25) is 0 Å². The predicted molar refractivity (Wildman–Crippen MR) is 122 cm³/mol. The van der Waals surface area contributed by atoms with Gasteiger partial charge in [-0.1, -0.05) is 37.6 Å². The third-order valence-electron chi connectivity index (χ3n) is 4.55. The Bertz CT molecular complexity index is 907. The first-order valence-electron chi connectivity index (χ1n) is 10.1. The molecular weight excluding hydrogens is 414 g/mol. The minimum absolute atomic E-state index is 0.102. The number of nitrogens with one attached hydrogen (secondary N) is 1. The zero-order valence-electron chi connectivity index (χ0n) is 17.8. The third kappa shape index (κ3) is 8.02. The first kappa shape index (κ1) is 24.3. The van der Waals surface area contributed by atoms with Crippen LogP contribution >= 0.6 is 11.8 Å². The molecule has 2 aromatic rings. The van der Waals surface area contributed by atoms with Crippen molar-refractivity contribution in [3.8, 4) is 5.75 Å². The highest BCUT2D eigenvalue weighted by atomic mass is 32.2. The Balaban J connectivity index is 1.81. The molecule has 0 unspecified atom stereocenters. The van der Waals surface area contributed by atoms with E-state index in [1.807, 2.05) is 13.2 Å². The van der Waals surface area contributed by atoms with E-state index in [-0.39, 0.29) is 31.0 Å². The Morgan fingerprint density at radius 3 is 1.90 bits per heavy atom. The van der Waals surface area contributed by atoms with Crippen LogP contribution in [0.4, 0.5) is 0 Å². The van der Waals surface area contributed by atoms with Crippen LogP contribution in [0.15, 0.2) is 48.5 Å². The fraction of sp³-hybridized carbons (Fsp3) is 0.333. The van der Waals surface area contributed by atoms with Crippen LogP contribution in [0.2, 0.25) is 0 Å². The van der Waals surface area contributed by atoms with Crippen LogP contribution in [0.1, 0.15) is 58.9 Å². The van der Waals surface area contributed by atoms with Crippen molar-refractivity contribution in [3.63, 3.8) is 0 Å². The molecule has 0 aliphatic rings. The van der Waals surface area contributed by atoms with E-state index in [0.717, 1.165) is 18.4 Å². The van der Waals surface area contributed by atoms with E-state index in [0.29, 0.717) is 28.5 Å². The molecule has 31 heavy (non-hydrogen) atoms. The van der Waals surface area contributed by atoms with Crippen molar-refractivity contribution in [2.24, 2.45) is 0 Å². The molecule has 0 saturated carbocycles. The second-order valence-electron chi connectivity index (χ2n) is 6.84. The zero-order chi connectivity index (χ0) is 22.6. The van der Waals surface area contributed by atoms with Gasteiger partial charge in [-0.3, -0.25) is 15.0 Å². The summed E-state index contributed by atoms with van der Waals surface area (Å²) in [6.45, 7) is 2.22. The normalized spacial score (nSPS) is 10.4. The number of rotatable bonds is 12. The van der Waals surface area contributed by atoms with Crippen LogP contribution in [0.3, 0.4) is 0 Å². The number of ether oxygens (including phenoxy) is 2. The first-order valence-corrected chi connectivity index (χ1v) is 11.3. The largest absolute Gasteiger partial charge is 0.482 e. The van der Waals surface area contributed by atoms with E-state index < -0.39 is 5.97 Å². The van der Waals surface area contributed by atoms with Gasteiger partial charge in [0.25, 0.3) is 0 Å². The number of esters is 1. The fourth-order valence-corrected chi connectivity index (χ4v) is 3.06. The lowest BCUT2D eigenvalue weighted by molar-refractivity contribution is -0.146. The minimum Gasteiger partial charge on any atom is -0.482 e. The van der Waals surface area contributed by atoms with E-state index in [2.05, 4.69) is 0 Å². The van der Waals surface area contributed by atoms with Crippen molar-refractivity contribution >= 4 is 34.3 Å². The Morgan fingerprint density at radius 2 is 1.39 bits per heavy atom. The van der Waals surface area contributed by atoms with Gasteiger partial charge in [0.15, 0.2) is 18.2 Å². The molecule has 0 amide bonds. The molecule has 0 fully saturated rings. The summed E-state index contributed by atoms with van der Waals surface area (Å²) in [6.07, 6.45) is 3.81. The SMILES string of the molecule is CCCCOC(=O)COc1ccc(C(=O)CCC(=O)c2ccc(C(=N)SC)cc2)cc1. The van der Waals surface area contributed by atoms with Gasteiger partial charge in [0, 0.05) is 29.5 Å². The first-order chi connectivity index (χ1) is 14.9. The van der Waals surface area contributed by atoms with Gasteiger partial charge >= 0.3 is 5.97 Å². The van der Waals surface area contributed by atoms with Crippen molar-refractivity contribution in [1.29, 1.82) is 5.41 Å². The highest BCUT2D eigenvalue weighted by molar-refractivity contribution is 8.13. The number of ketones is 2. The van der Waals surface area contributed by atoms with Crippen LogP contribution in [0, 0.1) is 5.41 Å². The average molecular weight is 442 g/mol. The van der Waals surface area contributed by atoms with Crippen LogP contribution in [0.5, 0.6) is 5.75 Å². The monoisotopic (exact) mass is 441 g/mol. The number of unbranched alkanes of at least 4 members (excludes halogenated alkanes) is 1. The maximum absolute atomic E-state index is 12.4. The third-order valence-corrected chi connectivity index (χ3v) is 5.19. The Morgan fingerprint density at radius 1 is 0.871 bits per heavy atom. The summed E-state index contributed by atoms with van der Waals surface area (Å²) >= 11 is 1.33. The van der Waals surface area contributed by atoms with Crippen LogP contribution < -0.4 is 4.74 Å². The maximum atomic E-state index is 12.4. The van der Waals surface area contributed by atoms with E-state index in [1.165, 1.54) is 11.8 Å². The van der Waals surface area contributed by atoms with Gasteiger partial charge in [-0.05, 0) is 36.9 Å². The molecule has 2 aromatic carbocycles. The minimum atomic E-state index is -0.426. The standard InChI is InChI=1S/C24H27NO5S/c1-3-4-15-29-23(28)16-30-20-11-9-18(10-12-20)22(27)14-13-21(26)17-5-7-19(8-6-17)24(25)31-2/h5-12,25H,3-4,13-16H2,1-2H3. The van der Waals surface area contributed by atoms with Gasteiger partial charge in [-0.25, -0.2) is 4.79 Å². The Kier molecular flexibility index (Phi) is 9.97. The second-order valence-corrected chi connectivity index (χ2v) is 7.66. The number of benzene rings is 2.